The van der Waals surface area contributed by atoms with Crippen LogP contribution in [0.5, 0.6) is 0 Å². The molecule has 0 amide bonds. The van der Waals surface area contributed by atoms with E-state index in [9.17, 15) is 23.1 Å². The van der Waals surface area contributed by atoms with Gasteiger partial charge in [0, 0.05) is 17.5 Å². The van der Waals surface area contributed by atoms with Crippen LogP contribution in [0.1, 0.15) is 25.3 Å². The van der Waals surface area contributed by atoms with Gasteiger partial charge in [0.1, 0.15) is 10.7 Å². The predicted octanol–water partition coefficient (Wildman–Crippen LogP) is 4.72. The lowest BCUT2D eigenvalue weighted by atomic mass is 9.79. The molecule has 0 aliphatic heterocycles. The topological polar surface area (TPSA) is 49.3 Å². The highest BCUT2D eigenvalue weighted by Gasteiger charge is 2.41. The molecule has 1 aliphatic carbocycles. The second-order valence-electron chi connectivity index (χ2n) is 6.05. The standard InChI is InChI=1S/C17H18F3NO2S/c1-9-5-3-4-6-12(9)21-16(24)13-14(22)10(2)7-11(15(13)23)8-17(18,19)20/h3-6,10-11,23H,7-8H2,1-2H3,(H,21,24). The van der Waals surface area contributed by atoms with E-state index in [4.69, 9.17) is 12.2 Å². The largest absolute Gasteiger partial charge is 0.511 e. The number of hydrogen-bond donors (Lipinski definition) is 2. The summed E-state index contributed by atoms with van der Waals surface area (Å²) in [5.41, 5.74) is 1.30. The van der Waals surface area contributed by atoms with Crippen molar-refractivity contribution >= 4 is 28.7 Å². The Hall–Kier alpha value is -1.89. The summed E-state index contributed by atoms with van der Waals surface area (Å²) in [5, 5.41) is 13.1. The number of aryl methyl sites for hydroxylation is 1. The van der Waals surface area contributed by atoms with Crippen LogP contribution in [-0.4, -0.2) is 22.1 Å². The van der Waals surface area contributed by atoms with Gasteiger partial charge in [0.25, 0.3) is 0 Å². The number of halogens is 3. The van der Waals surface area contributed by atoms with Crippen LogP contribution in [0.15, 0.2) is 35.6 Å². The summed E-state index contributed by atoms with van der Waals surface area (Å²) in [4.78, 5) is 12.3. The molecule has 0 aromatic heterocycles. The first-order chi connectivity index (χ1) is 11.1. The zero-order valence-electron chi connectivity index (χ0n) is 13.3. The number of Topliss-reactive ketones (excluding diaryl/α,β-unsaturated/α-hetero) is 1. The van der Waals surface area contributed by atoms with Crippen LogP contribution in [0.4, 0.5) is 18.9 Å². The molecule has 0 saturated heterocycles. The zero-order chi connectivity index (χ0) is 18.1. The molecule has 3 nitrogen and oxygen atoms in total. The number of thiocarbonyl (C=S) groups is 1. The summed E-state index contributed by atoms with van der Waals surface area (Å²) in [6, 6.07) is 7.16. The van der Waals surface area contributed by atoms with Gasteiger partial charge in [-0.05, 0) is 25.0 Å². The van der Waals surface area contributed by atoms with Gasteiger partial charge in [0.15, 0.2) is 5.78 Å². The Morgan fingerprint density at radius 1 is 1.38 bits per heavy atom. The van der Waals surface area contributed by atoms with Crippen LogP contribution < -0.4 is 5.32 Å². The maximum Gasteiger partial charge on any atom is 0.389 e. The first-order valence-electron chi connectivity index (χ1n) is 7.51. The average Bonchev–Trinajstić information content (AvgIpc) is 2.46. The summed E-state index contributed by atoms with van der Waals surface area (Å²) in [5.74, 6) is -2.78. The number of aliphatic hydroxyl groups is 1. The normalized spacial score (nSPS) is 21.8. The number of hydrogen-bond acceptors (Lipinski definition) is 3. The Morgan fingerprint density at radius 2 is 2.00 bits per heavy atom. The molecule has 0 saturated carbocycles. The number of anilines is 1. The number of allylic oxidation sites excluding steroid dienone is 1. The minimum absolute atomic E-state index is 0.0410. The van der Waals surface area contributed by atoms with E-state index in [-0.39, 0.29) is 17.0 Å². The summed E-state index contributed by atoms with van der Waals surface area (Å²) in [6.07, 6.45) is -5.64. The van der Waals surface area contributed by atoms with E-state index in [0.717, 1.165) is 5.56 Å². The molecule has 2 rings (SSSR count). The van der Waals surface area contributed by atoms with Gasteiger partial charge in [0.05, 0.1) is 12.0 Å². The molecule has 2 unspecified atom stereocenters. The smallest absolute Gasteiger partial charge is 0.389 e. The monoisotopic (exact) mass is 357 g/mol. The van der Waals surface area contributed by atoms with Crippen molar-refractivity contribution in [3.05, 3.63) is 41.2 Å². The number of para-hydroxylation sites is 1. The first-order valence-corrected chi connectivity index (χ1v) is 7.92. The maximum absolute atomic E-state index is 12.7. The third-order valence-electron chi connectivity index (χ3n) is 4.07. The van der Waals surface area contributed by atoms with E-state index in [1.165, 1.54) is 0 Å². The molecule has 0 spiro atoms. The Kier molecular flexibility index (Phi) is 5.32. The van der Waals surface area contributed by atoms with E-state index in [1.807, 2.05) is 19.1 Å². The molecule has 1 aromatic carbocycles. The van der Waals surface area contributed by atoms with Gasteiger partial charge >= 0.3 is 6.18 Å². The number of benzene rings is 1. The molecule has 1 aliphatic rings. The molecule has 0 bridgehead atoms. The fourth-order valence-electron chi connectivity index (χ4n) is 2.81. The second-order valence-corrected chi connectivity index (χ2v) is 6.45. The number of carbonyl (C=O) groups excluding carboxylic acids is 1. The van der Waals surface area contributed by atoms with Crippen molar-refractivity contribution < 1.29 is 23.1 Å². The fourth-order valence-corrected chi connectivity index (χ4v) is 3.12. The van der Waals surface area contributed by atoms with Crippen molar-refractivity contribution in [3.8, 4) is 0 Å². The Bertz CT molecular complexity index is 697. The van der Waals surface area contributed by atoms with Crippen molar-refractivity contribution in [3.63, 3.8) is 0 Å². The highest BCUT2D eigenvalue weighted by atomic mass is 32.1. The average molecular weight is 357 g/mol. The summed E-state index contributed by atoms with van der Waals surface area (Å²) in [7, 11) is 0. The number of carbonyl (C=O) groups is 1. The highest BCUT2D eigenvalue weighted by Crippen LogP contribution is 2.38. The molecule has 130 valence electrons. The Labute approximate surface area is 143 Å². The Balaban J connectivity index is 2.33. The van der Waals surface area contributed by atoms with Gasteiger partial charge in [-0.25, -0.2) is 0 Å². The fraction of sp³-hybridized carbons (Fsp3) is 0.412. The molecular formula is C17H18F3NO2S. The number of rotatable bonds is 3. The van der Waals surface area contributed by atoms with Gasteiger partial charge < -0.3 is 10.4 Å². The molecule has 2 atom stereocenters. The van der Waals surface area contributed by atoms with E-state index >= 15 is 0 Å². The molecular weight excluding hydrogens is 339 g/mol. The molecule has 0 radical (unpaired) electrons. The number of nitrogens with one attached hydrogen (secondary N) is 1. The van der Waals surface area contributed by atoms with Gasteiger partial charge in [-0.2, -0.15) is 13.2 Å². The zero-order valence-corrected chi connectivity index (χ0v) is 14.1. The minimum atomic E-state index is -4.42. The lowest BCUT2D eigenvalue weighted by Gasteiger charge is -2.29. The molecule has 24 heavy (non-hydrogen) atoms. The minimum Gasteiger partial charge on any atom is -0.511 e. The van der Waals surface area contributed by atoms with Crippen molar-refractivity contribution in [2.45, 2.75) is 32.9 Å². The van der Waals surface area contributed by atoms with Crippen LogP contribution in [0, 0.1) is 18.8 Å². The quantitative estimate of drug-likeness (QED) is 0.768. The van der Waals surface area contributed by atoms with Gasteiger partial charge in [-0.3, -0.25) is 4.79 Å². The number of aliphatic hydroxyl groups excluding tert-OH is 1. The van der Waals surface area contributed by atoms with Gasteiger partial charge in [-0.1, -0.05) is 37.3 Å². The first kappa shape index (κ1) is 18.4. The van der Waals surface area contributed by atoms with Crippen LogP contribution in [0.2, 0.25) is 0 Å². The van der Waals surface area contributed by atoms with E-state index in [2.05, 4.69) is 5.32 Å². The molecule has 0 fully saturated rings. The van der Waals surface area contributed by atoms with E-state index in [0.29, 0.717) is 5.69 Å². The van der Waals surface area contributed by atoms with Crippen molar-refractivity contribution in [1.29, 1.82) is 0 Å². The number of alkyl halides is 3. The van der Waals surface area contributed by atoms with Gasteiger partial charge in [0.2, 0.25) is 0 Å². The van der Waals surface area contributed by atoms with Crippen molar-refractivity contribution in [2.24, 2.45) is 11.8 Å². The molecule has 7 heteroatoms. The third-order valence-corrected chi connectivity index (χ3v) is 4.38. The van der Waals surface area contributed by atoms with Gasteiger partial charge in [-0.15, -0.1) is 0 Å². The van der Waals surface area contributed by atoms with Crippen molar-refractivity contribution in [2.75, 3.05) is 5.32 Å². The lowest BCUT2D eigenvalue weighted by Crippen LogP contribution is -2.34. The van der Waals surface area contributed by atoms with Crippen LogP contribution in [0.25, 0.3) is 0 Å². The van der Waals surface area contributed by atoms with Crippen molar-refractivity contribution in [1.82, 2.24) is 0 Å². The SMILES string of the molecule is Cc1ccccc1NC(=S)C1=C(O)C(CC(F)(F)F)CC(C)C1=O. The third kappa shape index (κ3) is 4.14. The highest BCUT2D eigenvalue weighted by molar-refractivity contribution is 7.81. The molecule has 1 aromatic rings. The van der Waals surface area contributed by atoms with Crippen LogP contribution in [0.3, 0.4) is 0 Å². The second kappa shape index (κ2) is 6.93. The maximum atomic E-state index is 12.7. The van der Waals surface area contributed by atoms with E-state index < -0.39 is 36.0 Å². The van der Waals surface area contributed by atoms with Crippen LogP contribution in [-0.2, 0) is 4.79 Å². The summed E-state index contributed by atoms with van der Waals surface area (Å²) < 4.78 is 38.1. The predicted molar refractivity (Wildman–Crippen MR) is 90.0 cm³/mol. The molecule has 2 N–H and O–H groups in total. The Morgan fingerprint density at radius 3 is 2.58 bits per heavy atom. The molecule has 0 heterocycles. The lowest BCUT2D eigenvalue weighted by molar-refractivity contribution is -0.147. The van der Waals surface area contributed by atoms with E-state index in [1.54, 1.807) is 19.1 Å². The summed E-state index contributed by atoms with van der Waals surface area (Å²) in [6.45, 7) is 3.38. The summed E-state index contributed by atoms with van der Waals surface area (Å²) >= 11 is 5.19. The number of ketones is 1. The van der Waals surface area contributed by atoms with Crippen LogP contribution >= 0.6 is 12.2 Å².